The number of hydrogen-bond donors (Lipinski definition) is 2. The maximum absolute atomic E-state index is 12.9. The first kappa shape index (κ1) is 21.5. The van der Waals surface area contributed by atoms with Crippen LogP contribution in [0.4, 0.5) is 5.69 Å². The second-order valence-corrected chi connectivity index (χ2v) is 7.90. The van der Waals surface area contributed by atoms with E-state index in [2.05, 4.69) is 15.6 Å². The molecule has 0 aliphatic heterocycles. The number of aromatic nitrogens is 1. The smallest absolute Gasteiger partial charge is 0.255 e. The van der Waals surface area contributed by atoms with E-state index in [4.69, 9.17) is 4.74 Å². The van der Waals surface area contributed by atoms with Crippen molar-refractivity contribution in [3.63, 3.8) is 0 Å². The molecule has 0 bridgehead atoms. The number of ether oxygens (including phenoxy) is 1. The van der Waals surface area contributed by atoms with Crippen molar-refractivity contribution in [2.24, 2.45) is 5.92 Å². The average Bonchev–Trinajstić information content (AvgIpc) is 3.28. The topological polar surface area (TPSA) is 80.3 Å². The molecule has 0 radical (unpaired) electrons. The second kappa shape index (κ2) is 10.0. The molecule has 1 aromatic heterocycles. The minimum absolute atomic E-state index is 0.107. The highest BCUT2D eigenvalue weighted by Gasteiger charge is 2.15. The predicted octanol–water partition coefficient (Wildman–Crippen LogP) is 4.73. The van der Waals surface area contributed by atoms with Crippen molar-refractivity contribution < 1.29 is 14.3 Å². The summed E-state index contributed by atoms with van der Waals surface area (Å²) in [5.41, 5.74) is 2.94. The van der Waals surface area contributed by atoms with E-state index in [-0.39, 0.29) is 17.7 Å². The molecule has 0 spiro atoms. The first-order chi connectivity index (χ1) is 14.5. The number of nitrogens with one attached hydrogen (secondary N) is 2. The number of benzene rings is 2. The maximum atomic E-state index is 12.9. The van der Waals surface area contributed by atoms with Gasteiger partial charge in [-0.3, -0.25) is 9.59 Å². The van der Waals surface area contributed by atoms with Gasteiger partial charge in [-0.25, -0.2) is 4.98 Å². The summed E-state index contributed by atoms with van der Waals surface area (Å²) in [6.07, 6.45) is 1.77. The fourth-order valence-corrected chi connectivity index (χ4v) is 3.45. The lowest BCUT2D eigenvalue weighted by Gasteiger charge is -2.14. The Bertz CT molecular complexity index is 1020. The third kappa shape index (κ3) is 5.45. The van der Waals surface area contributed by atoms with E-state index >= 15 is 0 Å². The van der Waals surface area contributed by atoms with Crippen molar-refractivity contribution in [2.75, 3.05) is 11.9 Å². The Morgan fingerprint density at radius 3 is 2.70 bits per heavy atom. The van der Waals surface area contributed by atoms with E-state index in [0.717, 1.165) is 16.1 Å². The van der Waals surface area contributed by atoms with Crippen LogP contribution in [0.2, 0.25) is 0 Å². The molecule has 6 nitrogen and oxygen atoms in total. The molecule has 0 aliphatic carbocycles. The average molecular weight is 424 g/mol. The van der Waals surface area contributed by atoms with E-state index in [1.165, 1.54) is 0 Å². The molecule has 30 heavy (non-hydrogen) atoms. The standard InChI is InChI=1S/C23H25N3O3S/c1-4-29-20-9-8-18(26-21(27)15(2)3)13-19(20)22(28)25-14-16-6-5-7-17(12-16)23-24-10-11-30-23/h5-13,15H,4,14H2,1-3H3,(H,25,28)(H,26,27). The Labute approximate surface area is 180 Å². The molecule has 0 unspecified atom stereocenters. The van der Waals surface area contributed by atoms with Gasteiger partial charge in [-0.15, -0.1) is 11.3 Å². The Morgan fingerprint density at radius 2 is 2.00 bits per heavy atom. The lowest BCUT2D eigenvalue weighted by molar-refractivity contribution is -0.118. The summed E-state index contributed by atoms with van der Waals surface area (Å²) in [6.45, 7) is 6.30. The van der Waals surface area contributed by atoms with Crippen LogP contribution in [-0.4, -0.2) is 23.4 Å². The molecule has 3 aromatic rings. The van der Waals surface area contributed by atoms with Crippen molar-refractivity contribution in [2.45, 2.75) is 27.3 Å². The largest absolute Gasteiger partial charge is 0.493 e. The van der Waals surface area contributed by atoms with Crippen molar-refractivity contribution in [1.29, 1.82) is 0 Å². The quantitative estimate of drug-likeness (QED) is 0.549. The first-order valence-electron chi connectivity index (χ1n) is 9.82. The fraction of sp³-hybridized carbons (Fsp3) is 0.261. The molecule has 7 heteroatoms. The number of thiazole rings is 1. The zero-order valence-electron chi connectivity index (χ0n) is 17.3. The molecular formula is C23H25N3O3S. The number of amides is 2. The van der Waals surface area contributed by atoms with E-state index in [9.17, 15) is 9.59 Å². The van der Waals surface area contributed by atoms with Crippen molar-refractivity contribution >= 4 is 28.8 Å². The van der Waals surface area contributed by atoms with Gasteiger partial charge in [0.1, 0.15) is 10.8 Å². The summed E-state index contributed by atoms with van der Waals surface area (Å²) >= 11 is 1.57. The minimum Gasteiger partial charge on any atom is -0.493 e. The molecule has 0 fully saturated rings. The van der Waals surface area contributed by atoms with Gasteiger partial charge in [0.15, 0.2) is 0 Å². The highest BCUT2D eigenvalue weighted by atomic mass is 32.1. The number of hydrogen-bond acceptors (Lipinski definition) is 5. The van der Waals surface area contributed by atoms with Gasteiger partial charge in [-0.05, 0) is 36.8 Å². The van der Waals surface area contributed by atoms with Gasteiger partial charge in [-0.1, -0.05) is 32.0 Å². The maximum Gasteiger partial charge on any atom is 0.255 e. The lowest BCUT2D eigenvalue weighted by atomic mass is 10.1. The summed E-state index contributed by atoms with van der Waals surface area (Å²) in [6, 6.07) is 13.0. The normalized spacial score (nSPS) is 10.7. The van der Waals surface area contributed by atoms with Crippen molar-refractivity contribution in [3.8, 4) is 16.3 Å². The molecule has 156 valence electrons. The summed E-state index contributed by atoms with van der Waals surface area (Å²) < 4.78 is 5.61. The van der Waals surface area contributed by atoms with Gasteiger partial charge in [0, 0.05) is 35.3 Å². The monoisotopic (exact) mass is 423 g/mol. The Kier molecular flexibility index (Phi) is 7.19. The van der Waals surface area contributed by atoms with Crippen LogP contribution < -0.4 is 15.4 Å². The van der Waals surface area contributed by atoms with Crippen LogP contribution in [0.1, 0.15) is 36.7 Å². The Hall–Kier alpha value is -3.19. The zero-order chi connectivity index (χ0) is 21.5. The van der Waals surface area contributed by atoms with Crippen LogP contribution in [0.25, 0.3) is 10.6 Å². The van der Waals surface area contributed by atoms with Crippen molar-refractivity contribution in [1.82, 2.24) is 10.3 Å². The number of anilines is 1. The second-order valence-electron chi connectivity index (χ2n) is 7.01. The molecule has 0 aliphatic rings. The molecule has 0 saturated carbocycles. The van der Waals surface area contributed by atoms with Crippen LogP contribution in [0, 0.1) is 5.92 Å². The molecule has 2 amide bonds. The molecule has 3 rings (SSSR count). The Balaban J connectivity index is 1.75. The van der Waals surface area contributed by atoms with Gasteiger partial charge < -0.3 is 15.4 Å². The van der Waals surface area contributed by atoms with E-state index in [0.29, 0.717) is 30.2 Å². The van der Waals surface area contributed by atoms with Crippen molar-refractivity contribution in [3.05, 3.63) is 65.2 Å². The highest BCUT2D eigenvalue weighted by molar-refractivity contribution is 7.13. The third-order valence-electron chi connectivity index (χ3n) is 4.38. The predicted molar refractivity (Wildman–Crippen MR) is 120 cm³/mol. The van der Waals surface area contributed by atoms with E-state index in [1.54, 1.807) is 35.7 Å². The molecule has 0 atom stereocenters. The fourth-order valence-electron chi connectivity index (χ4n) is 2.81. The number of carbonyl (C=O) groups is 2. The third-order valence-corrected chi connectivity index (χ3v) is 5.20. The van der Waals surface area contributed by atoms with E-state index in [1.807, 2.05) is 50.4 Å². The molecule has 0 saturated heterocycles. The number of rotatable bonds is 8. The van der Waals surface area contributed by atoms with E-state index < -0.39 is 0 Å². The van der Waals surface area contributed by atoms with Crippen LogP contribution >= 0.6 is 11.3 Å². The van der Waals surface area contributed by atoms with Gasteiger partial charge in [0.25, 0.3) is 5.91 Å². The first-order valence-corrected chi connectivity index (χ1v) is 10.7. The van der Waals surface area contributed by atoms with Gasteiger partial charge in [0.05, 0.1) is 12.2 Å². The van der Waals surface area contributed by atoms with Crippen LogP contribution in [0.5, 0.6) is 5.75 Å². The molecular weight excluding hydrogens is 398 g/mol. The van der Waals surface area contributed by atoms with Gasteiger partial charge >= 0.3 is 0 Å². The van der Waals surface area contributed by atoms with Crippen LogP contribution in [-0.2, 0) is 11.3 Å². The SMILES string of the molecule is CCOc1ccc(NC(=O)C(C)C)cc1C(=O)NCc1cccc(-c2nccs2)c1. The van der Waals surface area contributed by atoms with Crippen LogP contribution in [0.15, 0.2) is 54.0 Å². The lowest BCUT2D eigenvalue weighted by Crippen LogP contribution is -2.24. The summed E-state index contributed by atoms with van der Waals surface area (Å²) in [5, 5.41) is 8.64. The number of carbonyl (C=O) groups excluding carboxylic acids is 2. The van der Waals surface area contributed by atoms with Crippen LogP contribution in [0.3, 0.4) is 0 Å². The summed E-state index contributed by atoms with van der Waals surface area (Å²) in [7, 11) is 0. The molecule has 2 aromatic carbocycles. The molecule has 1 heterocycles. The molecule has 2 N–H and O–H groups in total. The summed E-state index contributed by atoms with van der Waals surface area (Å²) in [5.74, 6) is -0.0451. The zero-order valence-corrected chi connectivity index (χ0v) is 18.1. The highest BCUT2D eigenvalue weighted by Crippen LogP contribution is 2.25. The van der Waals surface area contributed by atoms with Gasteiger partial charge in [0.2, 0.25) is 5.91 Å². The Morgan fingerprint density at radius 1 is 1.17 bits per heavy atom. The summed E-state index contributed by atoms with van der Waals surface area (Å²) in [4.78, 5) is 29.2. The van der Waals surface area contributed by atoms with Gasteiger partial charge in [-0.2, -0.15) is 0 Å². The minimum atomic E-state index is -0.265. The number of nitrogens with zero attached hydrogens (tertiary/aromatic N) is 1.